The topological polar surface area (TPSA) is 69.7 Å². The summed E-state index contributed by atoms with van der Waals surface area (Å²) in [5, 5.41) is 0. The third-order valence-corrected chi connectivity index (χ3v) is 7.36. The van der Waals surface area contributed by atoms with E-state index in [0.29, 0.717) is 12.1 Å². The Hall–Kier alpha value is -2.38. The average Bonchev–Trinajstić information content (AvgIpc) is 3.05. The van der Waals surface area contributed by atoms with E-state index in [-0.39, 0.29) is 16.8 Å². The van der Waals surface area contributed by atoms with Crippen LogP contribution in [0.4, 0.5) is 11.4 Å². The summed E-state index contributed by atoms with van der Waals surface area (Å²) in [5.41, 5.74) is 3.43. The van der Waals surface area contributed by atoms with E-state index >= 15 is 0 Å². The fourth-order valence-corrected chi connectivity index (χ4v) is 5.63. The summed E-state index contributed by atoms with van der Waals surface area (Å²) in [7, 11) is -3.69. The third-order valence-electron chi connectivity index (χ3n) is 5.98. The number of amides is 1. The number of nitrogens with one attached hydrogen (secondary N) is 1. The number of hydrogen-bond donors (Lipinski definition) is 1. The molecule has 1 atom stereocenters. The molecule has 6 nitrogen and oxygen atoms in total. The highest BCUT2D eigenvalue weighted by molar-refractivity contribution is 7.92. The summed E-state index contributed by atoms with van der Waals surface area (Å²) >= 11 is 0. The van der Waals surface area contributed by atoms with Gasteiger partial charge in [-0.15, -0.1) is 0 Å². The number of piperidine rings is 1. The predicted molar refractivity (Wildman–Crippen MR) is 119 cm³/mol. The number of sulfonamides is 1. The van der Waals surface area contributed by atoms with E-state index < -0.39 is 10.0 Å². The molecule has 0 aliphatic carbocycles. The van der Waals surface area contributed by atoms with Crippen LogP contribution in [0.3, 0.4) is 0 Å². The molecule has 160 valence electrons. The Morgan fingerprint density at radius 3 is 2.43 bits per heavy atom. The van der Waals surface area contributed by atoms with Crippen molar-refractivity contribution in [2.24, 2.45) is 0 Å². The third kappa shape index (κ3) is 4.37. The van der Waals surface area contributed by atoms with Crippen molar-refractivity contribution < 1.29 is 13.2 Å². The molecule has 1 fully saturated rings. The van der Waals surface area contributed by atoms with Crippen molar-refractivity contribution in [3.05, 3.63) is 53.6 Å². The number of rotatable bonds is 5. The summed E-state index contributed by atoms with van der Waals surface area (Å²) in [6.45, 7) is 6.67. The lowest BCUT2D eigenvalue weighted by Crippen LogP contribution is -2.33. The summed E-state index contributed by atoms with van der Waals surface area (Å²) < 4.78 is 28.5. The van der Waals surface area contributed by atoms with Crippen LogP contribution >= 0.6 is 0 Å². The van der Waals surface area contributed by atoms with Gasteiger partial charge >= 0.3 is 0 Å². The minimum absolute atomic E-state index is 0.0281. The normalized spacial score (nSPS) is 19.5. The number of likely N-dealkylation sites (tertiary alicyclic amines) is 1. The second kappa shape index (κ2) is 8.40. The zero-order chi connectivity index (χ0) is 21.3. The summed E-state index contributed by atoms with van der Waals surface area (Å²) in [6.07, 6.45) is 4.47. The zero-order valence-corrected chi connectivity index (χ0v) is 18.4. The molecule has 2 aliphatic rings. The number of hydrogen-bond acceptors (Lipinski definition) is 4. The molecule has 2 aromatic carbocycles. The highest BCUT2D eigenvalue weighted by Crippen LogP contribution is 2.34. The minimum atomic E-state index is -3.69. The van der Waals surface area contributed by atoms with E-state index in [0.717, 1.165) is 30.9 Å². The molecule has 1 amide bonds. The molecule has 0 aromatic heterocycles. The van der Waals surface area contributed by atoms with Gasteiger partial charge in [0, 0.05) is 30.9 Å². The first kappa shape index (κ1) is 20.9. The molecule has 2 heterocycles. The first-order chi connectivity index (χ1) is 14.3. The van der Waals surface area contributed by atoms with E-state index in [1.54, 1.807) is 23.1 Å². The molecule has 7 heteroatoms. The van der Waals surface area contributed by atoms with Gasteiger partial charge in [0.1, 0.15) is 0 Å². The first-order valence-corrected chi connectivity index (χ1v) is 12.1. The average molecular weight is 428 g/mol. The molecule has 30 heavy (non-hydrogen) atoms. The molecule has 4 rings (SSSR count). The quantitative estimate of drug-likeness (QED) is 0.789. The predicted octanol–water partition coefficient (Wildman–Crippen LogP) is 3.77. The number of fused-ring (bicyclic) bond motifs is 1. The van der Waals surface area contributed by atoms with Crippen molar-refractivity contribution in [3.63, 3.8) is 0 Å². The van der Waals surface area contributed by atoms with Gasteiger partial charge in [0.25, 0.3) is 10.0 Å². The van der Waals surface area contributed by atoms with Crippen molar-refractivity contribution in [2.75, 3.05) is 22.7 Å². The molecule has 2 aliphatic heterocycles. The second-order valence-electron chi connectivity index (χ2n) is 8.37. The fourth-order valence-electron chi connectivity index (χ4n) is 4.52. The van der Waals surface area contributed by atoms with Crippen LogP contribution in [0.5, 0.6) is 0 Å². The Labute approximate surface area is 178 Å². The van der Waals surface area contributed by atoms with Crippen LogP contribution in [0.25, 0.3) is 0 Å². The maximum Gasteiger partial charge on any atom is 0.261 e. The standard InChI is InChI=1S/C23H29N3O3S/c1-17-14-20-15-22(10-11-23(20)26(17)18(2)27)30(28,29)24-21-8-6-19(7-9-21)16-25-12-4-3-5-13-25/h6-11,15,17,24H,3-5,12-14,16H2,1-2H3. The van der Waals surface area contributed by atoms with E-state index in [1.807, 2.05) is 31.2 Å². The number of carbonyl (C=O) groups excluding carboxylic acids is 1. The summed E-state index contributed by atoms with van der Waals surface area (Å²) in [5.74, 6) is -0.0281. The van der Waals surface area contributed by atoms with Crippen LogP contribution in [0.15, 0.2) is 47.4 Å². The monoisotopic (exact) mass is 427 g/mol. The van der Waals surface area contributed by atoms with Gasteiger partial charge in [-0.05, 0) is 80.7 Å². The minimum Gasteiger partial charge on any atom is -0.309 e. The van der Waals surface area contributed by atoms with Crippen molar-refractivity contribution in [1.82, 2.24) is 4.90 Å². The number of carbonyl (C=O) groups is 1. The molecule has 0 spiro atoms. The van der Waals surface area contributed by atoms with E-state index in [1.165, 1.54) is 31.7 Å². The van der Waals surface area contributed by atoms with Crippen molar-refractivity contribution in [3.8, 4) is 0 Å². The highest BCUT2D eigenvalue weighted by atomic mass is 32.2. The lowest BCUT2D eigenvalue weighted by atomic mass is 10.1. The van der Waals surface area contributed by atoms with Gasteiger partial charge in [0.15, 0.2) is 0 Å². The van der Waals surface area contributed by atoms with Gasteiger partial charge in [-0.3, -0.25) is 14.4 Å². The molecule has 2 aromatic rings. The van der Waals surface area contributed by atoms with Gasteiger partial charge in [-0.25, -0.2) is 8.42 Å². The fraction of sp³-hybridized carbons (Fsp3) is 0.435. The van der Waals surface area contributed by atoms with E-state index in [4.69, 9.17) is 0 Å². The summed E-state index contributed by atoms with van der Waals surface area (Å²) in [6, 6.07) is 12.6. The van der Waals surface area contributed by atoms with Gasteiger partial charge < -0.3 is 4.90 Å². The maximum atomic E-state index is 12.9. The Morgan fingerprint density at radius 2 is 1.77 bits per heavy atom. The van der Waals surface area contributed by atoms with Crippen molar-refractivity contribution in [1.29, 1.82) is 0 Å². The van der Waals surface area contributed by atoms with Crippen LogP contribution in [0.1, 0.15) is 44.2 Å². The molecule has 0 bridgehead atoms. The highest BCUT2D eigenvalue weighted by Gasteiger charge is 2.30. The Bertz CT molecular complexity index is 1030. The Morgan fingerprint density at radius 1 is 1.07 bits per heavy atom. The Kier molecular flexibility index (Phi) is 5.84. The van der Waals surface area contributed by atoms with Gasteiger partial charge in [-0.2, -0.15) is 0 Å². The number of nitrogens with zero attached hydrogens (tertiary/aromatic N) is 2. The van der Waals surface area contributed by atoms with E-state index in [2.05, 4.69) is 9.62 Å². The largest absolute Gasteiger partial charge is 0.309 e. The molecular formula is C23H29N3O3S. The smallest absolute Gasteiger partial charge is 0.261 e. The lowest BCUT2D eigenvalue weighted by molar-refractivity contribution is -0.116. The lowest BCUT2D eigenvalue weighted by Gasteiger charge is -2.26. The maximum absolute atomic E-state index is 12.9. The van der Waals surface area contributed by atoms with Crippen LogP contribution in [-0.2, 0) is 27.8 Å². The van der Waals surface area contributed by atoms with Crippen LogP contribution in [-0.4, -0.2) is 38.4 Å². The number of benzene rings is 2. The van der Waals surface area contributed by atoms with Crippen LogP contribution < -0.4 is 9.62 Å². The van der Waals surface area contributed by atoms with Crippen molar-refractivity contribution >= 4 is 27.3 Å². The van der Waals surface area contributed by atoms with Gasteiger partial charge in [-0.1, -0.05) is 18.6 Å². The molecule has 1 saturated heterocycles. The summed E-state index contributed by atoms with van der Waals surface area (Å²) in [4.78, 5) is 16.3. The molecular weight excluding hydrogens is 398 g/mol. The molecule has 1 N–H and O–H groups in total. The van der Waals surface area contributed by atoms with Gasteiger partial charge in [0.05, 0.1) is 4.90 Å². The van der Waals surface area contributed by atoms with Crippen LogP contribution in [0.2, 0.25) is 0 Å². The second-order valence-corrected chi connectivity index (χ2v) is 10.1. The first-order valence-electron chi connectivity index (χ1n) is 10.6. The Balaban J connectivity index is 1.47. The van der Waals surface area contributed by atoms with Crippen LogP contribution in [0, 0.1) is 0 Å². The molecule has 0 saturated carbocycles. The van der Waals surface area contributed by atoms with E-state index in [9.17, 15) is 13.2 Å². The SMILES string of the molecule is CC(=O)N1c2ccc(S(=O)(=O)Nc3ccc(CN4CCCCC4)cc3)cc2CC1C. The number of anilines is 2. The van der Waals surface area contributed by atoms with Gasteiger partial charge in [0.2, 0.25) is 5.91 Å². The molecule has 1 unspecified atom stereocenters. The zero-order valence-electron chi connectivity index (χ0n) is 17.6. The molecule has 0 radical (unpaired) electrons. The van der Waals surface area contributed by atoms with Crippen molar-refractivity contribution in [2.45, 2.75) is 57.0 Å².